The molecule has 0 radical (unpaired) electrons. The van der Waals surface area contributed by atoms with Gasteiger partial charge in [0, 0.05) is 25.7 Å². The van der Waals surface area contributed by atoms with E-state index >= 15 is 0 Å². The summed E-state index contributed by atoms with van der Waals surface area (Å²) in [5.74, 6) is 2.03. The van der Waals surface area contributed by atoms with Crippen molar-refractivity contribution >= 4 is 5.91 Å². The number of carbonyl (C=O) groups is 1. The van der Waals surface area contributed by atoms with E-state index in [4.69, 9.17) is 9.47 Å². The molecule has 28 heavy (non-hydrogen) atoms. The molecule has 1 saturated heterocycles. The molecule has 0 unspecified atom stereocenters. The molecule has 3 rings (SSSR count). The molecule has 1 atom stereocenters. The van der Waals surface area contributed by atoms with Gasteiger partial charge < -0.3 is 19.7 Å². The largest absolute Gasteiger partial charge is 0.493 e. The molecular weight excluding hydrogens is 352 g/mol. The van der Waals surface area contributed by atoms with E-state index in [9.17, 15) is 4.79 Å². The molecule has 0 aromatic heterocycles. The summed E-state index contributed by atoms with van der Waals surface area (Å²) in [6, 6.07) is 14.0. The number of carbonyl (C=O) groups excluding carboxylic acids is 1. The molecule has 2 aromatic rings. The van der Waals surface area contributed by atoms with Crippen LogP contribution in [0.25, 0.3) is 0 Å². The van der Waals surface area contributed by atoms with Gasteiger partial charge in [0.2, 0.25) is 0 Å². The predicted molar refractivity (Wildman–Crippen MR) is 111 cm³/mol. The average molecular weight is 383 g/mol. The van der Waals surface area contributed by atoms with Gasteiger partial charge in [0.25, 0.3) is 5.91 Å². The molecule has 0 aliphatic carbocycles. The summed E-state index contributed by atoms with van der Waals surface area (Å²) >= 11 is 0. The fourth-order valence-electron chi connectivity index (χ4n) is 3.69. The van der Waals surface area contributed by atoms with E-state index < -0.39 is 0 Å². The van der Waals surface area contributed by atoms with Gasteiger partial charge in [-0.1, -0.05) is 18.2 Å². The number of methoxy groups -OCH3 is 2. The standard InChI is InChI=1S/C23H30N2O3/c1-25(14-12-17-6-11-21(27-2)22(15-17)28-3)23(26)19-9-7-18(8-10-19)20-5-4-13-24-16-20/h6-11,15,20,24H,4-5,12-14,16H2,1-3H3/t20-/m1/s1. The van der Waals surface area contributed by atoms with Crippen molar-refractivity contribution in [3.63, 3.8) is 0 Å². The number of benzene rings is 2. The van der Waals surface area contributed by atoms with Gasteiger partial charge in [0.1, 0.15) is 0 Å². The molecule has 0 bridgehead atoms. The lowest BCUT2D eigenvalue weighted by Crippen LogP contribution is -2.29. The molecule has 1 amide bonds. The van der Waals surface area contributed by atoms with Gasteiger partial charge in [0.15, 0.2) is 11.5 Å². The maximum Gasteiger partial charge on any atom is 0.253 e. The van der Waals surface area contributed by atoms with Crippen LogP contribution in [-0.2, 0) is 6.42 Å². The Morgan fingerprint density at radius 1 is 1.11 bits per heavy atom. The summed E-state index contributed by atoms with van der Waals surface area (Å²) in [7, 11) is 5.10. The van der Waals surface area contributed by atoms with Crippen molar-refractivity contribution in [3.05, 3.63) is 59.2 Å². The molecule has 1 fully saturated rings. The number of hydrogen-bond acceptors (Lipinski definition) is 4. The van der Waals surface area contributed by atoms with Gasteiger partial charge in [-0.15, -0.1) is 0 Å². The van der Waals surface area contributed by atoms with E-state index in [-0.39, 0.29) is 5.91 Å². The Balaban J connectivity index is 1.58. The third-order valence-corrected chi connectivity index (χ3v) is 5.46. The molecule has 1 aliphatic rings. The van der Waals surface area contributed by atoms with E-state index in [1.807, 2.05) is 37.4 Å². The molecule has 1 heterocycles. The first-order valence-electron chi connectivity index (χ1n) is 9.89. The monoisotopic (exact) mass is 382 g/mol. The van der Waals surface area contributed by atoms with Crippen LogP contribution in [0.3, 0.4) is 0 Å². The molecule has 5 nitrogen and oxygen atoms in total. The van der Waals surface area contributed by atoms with Crippen LogP contribution in [0.4, 0.5) is 0 Å². The second-order valence-corrected chi connectivity index (χ2v) is 7.33. The second-order valence-electron chi connectivity index (χ2n) is 7.33. The molecule has 1 aliphatic heterocycles. The molecular formula is C23H30N2O3. The zero-order valence-corrected chi connectivity index (χ0v) is 17.0. The fourth-order valence-corrected chi connectivity index (χ4v) is 3.69. The van der Waals surface area contributed by atoms with Crippen molar-refractivity contribution in [3.8, 4) is 11.5 Å². The third-order valence-electron chi connectivity index (χ3n) is 5.46. The average Bonchev–Trinajstić information content (AvgIpc) is 2.77. The van der Waals surface area contributed by atoms with E-state index in [0.29, 0.717) is 24.0 Å². The second kappa shape index (κ2) is 9.60. The molecule has 0 saturated carbocycles. The summed E-state index contributed by atoms with van der Waals surface area (Å²) in [5, 5.41) is 3.44. The van der Waals surface area contributed by atoms with Crippen molar-refractivity contribution < 1.29 is 14.3 Å². The Kier molecular flexibility index (Phi) is 6.93. The zero-order valence-electron chi connectivity index (χ0n) is 17.0. The zero-order chi connectivity index (χ0) is 19.9. The van der Waals surface area contributed by atoms with Crippen molar-refractivity contribution in [2.45, 2.75) is 25.2 Å². The molecule has 5 heteroatoms. The highest BCUT2D eigenvalue weighted by Gasteiger charge is 2.17. The number of likely N-dealkylation sites (N-methyl/N-ethyl adjacent to an activating group) is 1. The Labute approximate surface area is 167 Å². The van der Waals surface area contributed by atoms with Crippen molar-refractivity contribution in [1.29, 1.82) is 0 Å². The van der Waals surface area contributed by atoms with Gasteiger partial charge >= 0.3 is 0 Å². The van der Waals surface area contributed by atoms with Gasteiger partial charge in [-0.3, -0.25) is 4.79 Å². The number of piperidine rings is 1. The topological polar surface area (TPSA) is 50.8 Å². The van der Waals surface area contributed by atoms with Crippen LogP contribution < -0.4 is 14.8 Å². The Hall–Kier alpha value is -2.53. The van der Waals surface area contributed by atoms with Crippen molar-refractivity contribution in [1.82, 2.24) is 10.2 Å². The van der Waals surface area contributed by atoms with E-state index in [1.54, 1.807) is 19.1 Å². The van der Waals surface area contributed by atoms with Crippen LogP contribution in [0.2, 0.25) is 0 Å². The number of nitrogens with one attached hydrogen (secondary N) is 1. The predicted octanol–water partition coefficient (Wildman–Crippen LogP) is 3.49. The number of hydrogen-bond donors (Lipinski definition) is 1. The lowest BCUT2D eigenvalue weighted by atomic mass is 9.91. The molecule has 2 aromatic carbocycles. The summed E-state index contributed by atoms with van der Waals surface area (Å²) in [6.45, 7) is 2.78. The summed E-state index contributed by atoms with van der Waals surface area (Å²) in [4.78, 5) is 14.5. The summed E-state index contributed by atoms with van der Waals surface area (Å²) < 4.78 is 10.6. The van der Waals surface area contributed by atoms with Crippen molar-refractivity contribution in [2.75, 3.05) is 40.9 Å². The van der Waals surface area contributed by atoms with Crippen LogP contribution in [-0.4, -0.2) is 51.7 Å². The Morgan fingerprint density at radius 2 is 1.86 bits per heavy atom. The first kappa shape index (κ1) is 20.2. The van der Waals surface area contributed by atoms with E-state index in [0.717, 1.165) is 30.6 Å². The summed E-state index contributed by atoms with van der Waals surface area (Å²) in [6.07, 6.45) is 3.18. The fraction of sp³-hybridized carbons (Fsp3) is 0.435. The minimum Gasteiger partial charge on any atom is -0.493 e. The smallest absolute Gasteiger partial charge is 0.253 e. The van der Waals surface area contributed by atoms with Crippen LogP contribution in [0.15, 0.2) is 42.5 Å². The van der Waals surface area contributed by atoms with Gasteiger partial charge in [0.05, 0.1) is 14.2 Å². The SMILES string of the molecule is COc1ccc(CCN(C)C(=O)c2ccc([C@@H]3CCCNC3)cc2)cc1OC. The van der Waals surface area contributed by atoms with Crippen molar-refractivity contribution in [2.24, 2.45) is 0 Å². The summed E-state index contributed by atoms with van der Waals surface area (Å²) in [5.41, 5.74) is 3.16. The van der Waals surface area contributed by atoms with E-state index in [1.165, 1.54) is 18.4 Å². The van der Waals surface area contributed by atoms with Gasteiger partial charge in [-0.25, -0.2) is 0 Å². The lowest BCUT2D eigenvalue weighted by molar-refractivity contribution is 0.0796. The first-order chi connectivity index (χ1) is 13.6. The maximum absolute atomic E-state index is 12.7. The molecule has 1 N–H and O–H groups in total. The molecule has 0 spiro atoms. The van der Waals surface area contributed by atoms with Crippen LogP contribution in [0, 0.1) is 0 Å². The van der Waals surface area contributed by atoms with Gasteiger partial charge in [-0.2, -0.15) is 0 Å². The highest BCUT2D eigenvalue weighted by atomic mass is 16.5. The minimum atomic E-state index is 0.0498. The Morgan fingerprint density at radius 3 is 2.50 bits per heavy atom. The number of ether oxygens (including phenoxy) is 2. The van der Waals surface area contributed by atoms with E-state index in [2.05, 4.69) is 17.4 Å². The Bertz CT molecular complexity index is 783. The lowest BCUT2D eigenvalue weighted by Gasteiger charge is -2.23. The molecule has 150 valence electrons. The van der Waals surface area contributed by atoms with Crippen LogP contribution in [0.1, 0.15) is 40.2 Å². The minimum absolute atomic E-state index is 0.0498. The van der Waals surface area contributed by atoms with Crippen LogP contribution in [0.5, 0.6) is 11.5 Å². The van der Waals surface area contributed by atoms with Gasteiger partial charge in [-0.05, 0) is 67.1 Å². The quantitative estimate of drug-likeness (QED) is 0.796. The number of nitrogens with zero attached hydrogens (tertiary/aromatic N) is 1. The normalized spacial score (nSPS) is 16.5. The van der Waals surface area contributed by atoms with Crippen LogP contribution >= 0.6 is 0 Å². The third kappa shape index (κ3) is 4.84. The number of amides is 1. The number of rotatable bonds is 7. The highest BCUT2D eigenvalue weighted by molar-refractivity contribution is 5.94. The highest BCUT2D eigenvalue weighted by Crippen LogP contribution is 2.28. The maximum atomic E-state index is 12.7. The first-order valence-corrected chi connectivity index (χ1v) is 9.89.